The summed E-state index contributed by atoms with van der Waals surface area (Å²) in [6, 6.07) is 9.93. The van der Waals surface area contributed by atoms with E-state index < -0.39 is 6.09 Å². The number of hydrogen-bond donors (Lipinski definition) is 2. The largest absolute Gasteiger partial charge is 0.448 e. The molecule has 19 heavy (non-hydrogen) atoms. The fourth-order valence-corrected chi connectivity index (χ4v) is 2.39. The fourth-order valence-electron chi connectivity index (χ4n) is 2.39. The summed E-state index contributed by atoms with van der Waals surface area (Å²) in [5.41, 5.74) is 0.757. The summed E-state index contributed by atoms with van der Waals surface area (Å²) < 4.78 is 5.12. The van der Waals surface area contributed by atoms with Crippen molar-refractivity contribution in [1.82, 2.24) is 5.32 Å². The van der Waals surface area contributed by atoms with E-state index in [1.54, 1.807) is 0 Å². The highest BCUT2D eigenvalue weighted by Crippen LogP contribution is 2.16. The van der Waals surface area contributed by atoms with Crippen molar-refractivity contribution in [2.45, 2.75) is 38.1 Å². The molecule has 0 aromatic heterocycles. The number of benzene rings is 1. The number of rotatable bonds is 5. The van der Waals surface area contributed by atoms with E-state index in [1.807, 2.05) is 30.3 Å². The van der Waals surface area contributed by atoms with Crippen molar-refractivity contribution >= 4 is 11.8 Å². The lowest BCUT2D eigenvalue weighted by atomic mass is 9.96. The summed E-state index contributed by atoms with van der Waals surface area (Å²) >= 11 is 0. The minimum atomic E-state index is -0.392. The molecule has 0 radical (unpaired) electrons. The first-order chi connectivity index (χ1) is 9.34. The molecule has 0 unspecified atom stereocenters. The van der Waals surface area contributed by atoms with Crippen LogP contribution in [-0.2, 0) is 4.74 Å². The van der Waals surface area contributed by atoms with Gasteiger partial charge >= 0.3 is 6.09 Å². The highest BCUT2D eigenvalue weighted by molar-refractivity contribution is 5.84. The van der Waals surface area contributed by atoms with E-state index >= 15 is 0 Å². The molecule has 0 bridgehead atoms. The second-order valence-corrected chi connectivity index (χ2v) is 4.92. The fraction of sp³-hybridized carbons (Fsp3) is 0.533. The Hall–Kier alpha value is -1.55. The molecule has 4 nitrogen and oxygen atoms in total. The third-order valence-electron chi connectivity index (χ3n) is 3.39. The number of para-hydroxylation sites is 1. The van der Waals surface area contributed by atoms with Crippen LogP contribution in [0.2, 0.25) is 0 Å². The Morgan fingerprint density at radius 1 is 1.16 bits per heavy atom. The van der Waals surface area contributed by atoms with Crippen LogP contribution in [0.4, 0.5) is 10.5 Å². The van der Waals surface area contributed by atoms with E-state index in [0.29, 0.717) is 12.6 Å². The SMILES string of the molecule is O=C(Nc1ccccc1)OCCNC1CCCCC1. The number of hydrogen-bond acceptors (Lipinski definition) is 3. The van der Waals surface area contributed by atoms with E-state index in [0.717, 1.165) is 12.2 Å². The predicted octanol–water partition coefficient (Wildman–Crippen LogP) is 3.16. The molecule has 1 aromatic rings. The van der Waals surface area contributed by atoms with Crippen LogP contribution in [-0.4, -0.2) is 25.3 Å². The molecule has 0 heterocycles. The van der Waals surface area contributed by atoms with Crippen LogP contribution in [0.1, 0.15) is 32.1 Å². The van der Waals surface area contributed by atoms with Crippen LogP contribution >= 0.6 is 0 Å². The molecular formula is C15H22N2O2. The minimum Gasteiger partial charge on any atom is -0.448 e. The molecule has 1 amide bonds. The van der Waals surface area contributed by atoms with E-state index in [-0.39, 0.29) is 0 Å². The average molecular weight is 262 g/mol. The Labute approximate surface area is 114 Å². The topological polar surface area (TPSA) is 50.4 Å². The lowest BCUT2D eigenvalue weighted by Crippen LogP contribution is -2.34. The highest BCUT2D eigenvalue weighted by Gasteiger charge is 2.12. The lowest BCUT2D eigenvalue weighted by molar-refractivity contribution is 0.159. The van der Waals surface area contributed by atoms with Gasteiger partial charge in [0.25, 0.3) is 0 Å². The molecule has 1 saturated carbocycles. The zero-order valence-corrected chi connectivity index (χ0v) is 11.2. The molecular weight excluding hydrogens is 240 g/mol. The monoisotopic (exact) mass is 262 g/mol. The third-order valence-corrected chi connectivity index (χ3v) is 3.39. The summed E-state index contributed by atoms with van der Waals surface area (Å²) in [7, 11) is 0. The Bertz CT molecular complexity index is 375. The maximum Gasteiger partial charge on any atom is 0.411 e. The maximum atomic E-state index is 11.5. The number of amides is 1. The molecule has 4 heteroatoms. The molecule has 0 saturated heterocycles. The van der Waals surface area contributed by atoms with Crippen molar-refractivity contribution in [2.24, 2.45) is 0 Å². The van der Waals surface area contributed by atoms with Gasteiger partial charge in [0, 0.05) is 18.3 Å². The van der Waals surface area contributed by atoms with Gasteiger partial charge in [-0.1, -0.05) is 37.5 Å². The first kappa shape index (κ1) is 13.9. The molecule has 0 aliphatic heterocycles. The van der Waals surface area contributed by atoms with Crippen molar-refractivity contribution in [2.75, 3.05) is 18.5 Å². The summed E-state index contributed by atoms with van der Waals surface area (Å²) in [6.07, 6.45) is 6.08. The van der Waals surface area contributed by atoms with E-state index in [2.05, 4.69) is 10.6 Å². The molecule has 2 rings (SSSR count). The van der Waals surface area contributed by atoms with Crippen molar-refractivity contribution in [3.63, 3.8) is 0 Å². The van der Waals surface area contributed by atoms with Crippen molar-refractivity contribution < 1.29 is 9.53 Å². The van der Waals surface area contributed by atoms with Gasteiger partial charge in [-0.2, -0.15) is 0 Å². The van der Waals surface area contributed by atoms with Crippen LogP contribution in [0.3, 0.4) is 0 Å². The van der Waals surface area contributed by atoms with E-state index in [4.69, 9.17) is 4.74 Å². The zero-order valence-electron chi connectivity index (χ0n) is 11.2. The highest BCUT2D eigenvalue weighted by atomic mass is 16.5. The van der Waals surface area contributed by atoms with Crippen molar-refractivity contribution in [1.29, 1.82) is 0 Å². The molecule has 104 valence electrons. The smallest absolute Gasteiger partial charge is 0.411 e. The number of carbonyl (C=O) groups excluding carboxylic acids is 1. The van der Waals surface area contributed by atoms with Gasteiger partial charge in [-0.3, -0.25) is 5.32 Å². The van der Waals surface area contributed by atoms with Crippen molar-refractivity contribution in [3.05, 3.63) is 30.3 Å². The Balaban J connectivity index is 1.56. The lowest BCUT2D eigenvalue weighted by Gasteiger charge is -2.22. The molecule has 1 fully saturated rings. The Kier molecular flexibility index (Phi) is 5.69. The van der Waals surface area contributed by atoms with Gasteiger partial charge in [0.05, 0.1) is 0 Å². The van der Waals surface area contributed by atoms with Gasteiger partial charge in [0.1, 0.15) is 6.61 Å². The molecule has 1 aromatic carbocycles. The second kappa shape index (κ2) is 7.79. The zero-order chi connectivity index (χ0) is 13.3. The van der Waals surface area contributed by atoms with Gasteiger partial charge in [-0.05, 0) is 25.0 Å². The summed E-state index contributed by atoms with van der Waals surface area (Å²) in [5.74, 6) is 0. The molecule has 1 aliphatic carbocycles. The van der Waals surface area contributed by atoms with Gasteiger partial charge in [0.2, 0.25) is 0 Å². The third kappa shape index (κ3) is 5.30. The quantitative estimate of drug-likeness (QED) is 0.801. The van der Waals surface area contributed by atoms with E-state index in [9.17, 15) is 4.79 Å². The van der Waals surface area contributed by atoms with Crippen LogP contribution in [0, 0.1) is 0 Å². The van der Waals surface area contributed by atoms with Gasteiger partial charge < -0.3 is 10.1 Å². The summed E-state index contributed by atoms with van der Waals surface area (Å²) in [5, 5.41) is 6.13. The molecule has 0 atom stereocenters. The summed E-state index contributed by atoms with van der Waals surface area (Å²) in [6.45, 7) is 1.14. The first-order valence-corrected chi connectivity index (χ1v) is 7.07. The normalized spacial score (nSPS) is 16.0. The van der Waals surface area contributed by atoms with Crippen LogP contribution in [0.25, 0.3) is 0 Å². The number of nitrogens with one attached hydrogen (secondary N) is 2. The second-order valence-electron chi connectivity index (χ2n) is 4.92. The van der Waals surface area contributed by atoms with Crippen LogP contribution in [0.5, 0.6) is 0 Å². The Morgan fingerprint density at radius 3 is 2.63 bits per heavy atom. The van der Waals surface area contributed by atoms with Crippen LogP contribution < -0.4 is 10.6 Å². The maximum absolute atomic E-state index is 11.5. The molecule has 0 spiro atoms. The first-order valence-electron chi connectivity index (χ1n) is 7.07. The van der Waals surface area contributed by atoms with Crippen molar-refractivity contribution in [3.8, 4) is 0 Å². The van der Waals surface area contributed by atoms with Gasteiger partial charge in [-0.15, -0.1) is 0 Å². The molecule has 2 N–H and O–H groups in total. The summed E-state index contributed by atoms with van der Waals surface area (Å²) in [4.78, 5) is 11.5. The van der Waals surface area contributed by atoms with Gasteiger partial charge in [0.15, 0.2) is 0 Å². The van der Waals surface area contributed by atoms with E-state index in [1.165, 1.54) is 32.1 Å². The number of anilines is 1. The average Bonchev–Trinajstić information content (AvgIpc) is 2.46. The van der Waals surface area contributed by atoms with Crippen LogP contribution in [0.15, 0.2) is 30.3 Å². The number of carbonyl (C=O) groups is 1. The Morgan fingerprint density at radius 2 is 1.89 bits per heavy atom. The number of ether oxygens (including phenoxy) is 1. The standard InChI is InChI=1S/C15H22N2O2/c18-15(17-14-9-5-2-6-10-14)19-12-11-16-13-7-3-1-4-8-13/h2,5-6,9-10,13,16H,1,3-4,7-8,11-12H2,(H,17,18). The minimum absolute atomic E-state index is 0.392. The van der Waals surface area contributed by atoms with Gasteiger partial charge in [-0.25, -0.2) is 4.79 Å². The molecule has 1 aliphatic rings. The predicted molar refractivity (Wildman–Crippen MR) is 76.3 cm³/mol.